The normalized spacial score (nSPS) is 17.3. The molecule has 3 N–H and O–H groups in total. The lowest BCUT2D eigenvalue weighted by Crippen LogP contribution is -2.53. The van der Waals surface area contributed by atoms with Crippen LogP contribution in [0.25, 0.3) is 0 Å². The topological polar surface area (TPSA) is 64.6 Å². The molecule has 0 amide bonds. The Bertz CT molecular complexity index is 213. The molecule has 0 spiro atoms. The maximum absolute atomic E-state index is 10.2. The zero-order valence-electron chi connectivity index (χ0n) is 7.95. The van der Waals surface area contributed by atoms with Gasteiger partial charge in [-0.25, -0.2) is 0 Å². The van der Waals surface area contributed by atoms with Gasteiger partial charge in [0.2, 0.25) is 0 Å². The number of hydrogen-bond donors (Lipinski definition) is 3. The first-order valence-corrected chi connectivity index (χ1v) is 5.05. The lowest BCUT2D eigenvalue weighted by atomic mass is 10.2. The average Bonchev–Trinajstić information content (AvgIpc) is 2.15. The van der Waals surface area contributed by atoms with E-state index in [0.717, 1.165) is 32.7 Å². The van der Waals surface area contributed by atoms with Crippen molar-refractivity contribution in [2.45, 2.75) is 19.3 Å². The van der Waals surface area contributed by atoms with Crippen LogP contribution in [0.5, 0.6) is 0 Å². The molecule has 1 fully saturated rings. The van der Waals surface area contributed by atoms with Gasteiger partial charge in [-0.2, -0.15) is 0 Å². The van der Waals surface area contributed by atoms with E-state index in [1.807, 2.05) is 0 Å². The van der Waals surface area contributed by atoms with Gasteiger partial charge in [0.1, 0.15) is 0 Å². The smallest absolute Gasteiger partial charge is 0.303 e. The second-order valence-electron chi connectivity index (χ2n) is 3.24. The first-order valence-electron chi connectivity index (χ1n) is 4.64. The van der Waals surface area contributed by atoms with Crippen molar-refractivity contribution in [2.24, 2.45) is 0 Å². The SMILES string of the molecule is O=C(O)CCCCN1CNC(=S)NC1. The van der Waals surface area contributed by atoms with Gasteiger partial charge in [-0.05, 0) is 25.1 Å². The molecule has 1 rings (SSSR count). The van der Waals surface area contributed by atoms with Crippen molar-refractivity contribution in [1.82, 2.24) is 15.5 Å². The van der Waals surface area contributed by atoms with E-state index >= 15 is 0 Å². The zero-order valence-corrected chi connectivity index (χ0v) is 8.77. The fourth-order valence-corrected chi connectivity index (χ4v) is 1.38. The van der Waals surface area contributed by atoms with E-state index in [1.165, 1.54) is 0 Å². The fourth-order valence-electron chi connectivity index (χ4n) is 1.26. The standard InChI is InChI=1S/C8H15N3O2S/c12-7(13)3-1-2-4-11-5-9-8(14)10-6-11/h1-6H2,(H,12,13)(H2,9,10,14). The maximum atomic E-state index is 10.2. The lowest BCUT2D eigenvalue weighted by Gasteiger charge is -2.29. The monoisotopic (exact) mass is 217 g/mol. The molecule has 0 aromatic carbocycles. The second-order valence-corrected chi connectivity index (χ2v) is 3.65. The van der Waals surface area contributed by atoms with E-state index in [0.29, 0.717) is 5.11 Å². The first-order chi connectivity index (χ1) is 6.68. The third-order valence-corrected chi connectivity index (χ3v) is 2.33. The molecule has 0 radical (unpaired) electrons. The summed E-state index contributed by atoms with van der Waals surface area (Å²) in [6.07, 6.45) is 1.89. The molecule has 1 aliphatic rings. The molecule has 0 bridgehead atoms. The Morgan fingerprint density at radius 2 is 2.07 bits per heavy atom. The van der Waals surface area contributed by atoms with Gasteiger partial charge in [0.15, 0.2) is 5.11 Å². The highest BCUT2D eigenvalue weighted by molar-refractivity contribution is 7.80. The molecule has 1 heterocycles. The maximum Gasteiger partial charge on any atom is 0.303 e. The van der Waals surface area contributed by atoms with E-state index in [1.54, 1.807) is 0 Å². The van der Waals surface area contributed by atoms with Crippen LogP contribution < -0.4 is 10.6 Å². The van der Waals surface area contributed by atoms with Crippen molar-refractivity contribution in [1.29, 1.82) is 0 Å². The number of carbonyl (C=O) groups is 1. The minimum absolute atomic E-state index is 0.257. The molecule has 0 aliphatic carbocycles. The van der Waals surface area contributed by atoms with Gasteiger partial charge in [0.05, 0.1) is 13.3 Å². The lowest BCUT2D eigenvalue weighted by molar-refractivity contribution is -0.137. The van der Waals surface area contributed by atoms with Crippen LogP contribution in [0.3, 0.4) is 0 Å². The van der Waals surface area contributed by atoms with Crippen LogP contribution in [0.15, 0.2) is 0 Å². The molecular formula is C8H15N3O2S. The van der Waals surface area contributed by atoms with Crippen molar-refractivity contribution < 1.29 is 9.90 Å². The molecule has 0 unspecified atom stereocenters. The Morgan fingerprint density at radius 3 is 2.64 bits per heavy atom. The number of thiocarbonyl (C=S) groups is 1. The molecule has 0 saturated carbocycles. The number of nitrogens with zero attached hydrogens (tertiary/aromatic N) is 1. The summed E-state index contributed by atoms with van der Waals surface area (Å²) >= 11 is 4.90. The van der Waals surface area contributed by atoms with Gasteiger partial charge in [0.25, 0.3) is 0 Å². The van der Waals surface area contributed by atoms with Crippen LogP contribution in [-0.2, 0) is 4.79 Å². The number of carboxylic acids is 1. The van der Waals surface area contributed by atoms with Gasteiger partial charge < -0.3 is 15.7 Å². The van der Waals surface area contributed by atoms with Crippen molar-refractivity contribution in [2.75, 3.05) is 19.9 Å². The number of unbranched alkanes of at least 4 members (excludes halogenated alkanes) is 1. The van der Waals surface area contributed by atoms with E-state index in [9.17, 15) is 4.79 Å². The van der Waals surface area contributed by atoms with Gasteiger partial charge in [-0.3, -0.25) is 9.69 Å². The molecule has 1 aliphatic heterocycles. The summed E-state index contributed by atoms with van der Waals surface area (Å²) in [5, 5.41) is 15.1. The van der Waals surface area contributed by atoms with Gasteiger partial charge in [-0.1, -0.05) is 0 Å². The third kappa shape index (κ3) is 4.38. The Kier molecular flexibility index (Phi) is 4.61. The zero-order chi connectivity index (χ0) is 10.4. The van der Waals surface area contributed by atoms with Gasteiger partial charge in [0, 0.05) is 13.0 Å². The van der Waals surface area contributed by atoms with Crippen molar-refractivity contribution in [3.05, 3.63) is 0 Å². The number of rotatable bonds is 5. The molecule has 1 saturated heterocycles. The van der Waals surface area contributed by atoms with Crippen LogP contribution in [-0.4, -0.2) is 41.0 Å². The highest BCUT2D eigenvalue weighted by atomic mass is 32.1. The average molecular weight is 217 g/mol. The molecule has 80 valence electrons. The summed E-state index contributed by atoms with van der Waals surface area (Å²) < 4.78 is 0. The van der Waals surface area contributed by atoms with Gasteiger partial charge in [-0.15, -0.1) is 0 Å². The summed E-state index contributed by atoms with van der Waals surface area (Å²) in [6, 6.07) is 0. The van der Waals surface area contributed by atoms with Gasteiger partial charge >= 0.3 is 5.97 Å². The Morgan fingerprint density at radius 1 is 1.43 bits per heavy atom. The summed E-state index contributed by atoms with van der Waals surface area (Å²) in [5.41, 5.74) is 0. The molecular weight excluding hydrogens is 202 g/mol. The Labute approximate surface area is 88.5 Å². The van der Waals surface area contributed by atoms with Crippen LogP contribution in [0.4, 0.5) is 0 Å². The van der Waals surface area contributed by atoms with Crippen molar-refractivity contribution >= 4 is 23.3 Å². The third-order valence-electron chi connectivity index (χ3n) is 2.04. The number of nitrogens with one attached hydrogen (secondary N) is 2. The van der Waals surface area contributed by atoms with E-state index in [4.69, 9.17) is 17.3 Å². The molecule has 0 aromatic rings. The van der Waals surface area contributed by atoms with Crippen LogP contribution in [0, 0.1) is 0 Å². The van der Waals surface area contributed by atoms with E-state index in [2.05, 4.69) is 15.5 Å². The summed E-state index contributed by atoms with van der Waals surface area (Å²) in [4.78, 5) is 12.4. The highest BCUT2D eigenvalue weighted by Crippen LogP contribution is 1.99. The second kappa shape index (κ2) is 5.77. The van der Waals surface area contributed by atoms with Crippen LogP contribution in [0.1, 0.15) is 19.3 Å². The van der Waals surface area contributed by atoms with Crippen LogP contribution >= 0.6 is 12.2 Å². The minimum atomic E-state index is -0.721. The number of hydrogen-bond acceptors (Lipinski definition) is 3. The fraction of sp³-hybridized carbons (Fsp3) is 0.750. The Hall–Kier alpha value is -0.880. The Balaban J connectivity index is 2.02. The van der Waals surface area contributed by atoms with E-state index in [-0.39, 0.29) is 6.42 Å². The molecule has 0 atom stereocenters. The summed E-state index contributed by atoms with van der Waals surface area (Å²) in [7, 11) is 0. The number of aliphatic carboxylic acids is 1. The first kappa shape index (κ1) is 11.2. The van der Waals surface area contributed by atoms with Crippen molar-refractivity contribution in [3.63, 3.8) is 0 Å². The highest BCUT2D eigenvalue weighted by Gasteiger charge is 2.10. The molecule has 0 aromatic heterocycles. The van der Waals surface area contributed by atoms with Crippen molar-refractivity contribution in [3.8, 4) is 0 Å². The number of carboxylic acid groups (broad SMARTS) is 1. The summed E-state index contributed by atoms with van der Waals surface area (Å²) in [5.74, 6) is -0.721. The summed E-state index contributed by atoms with van der Waals surface area (Å²) in [6.45, 7) is 2.40. The quantitative estimate of drug-likeness (QED) is 0.443. The molecule has 6 heteroatoms. The predicted octanol–water partition coefficient (Wildman–Crippen LogP) is -0.0640. The molecule has 5 nitrogen and oxygen atoms in total. The van der Waals surface area contributed by atoms with E-state index < -0.39 is 5.97 Å². The predicted molar refractivity (Wildman–Crippen MR) is 56.8 cm³/mol. The molecule has 14 heavy (non-hydrogen) atoms. The minimum Gasteiger partial charge on any atom is -0.481 e. The van der Waals surface area contributed by atoms with Crippen LogP contribution in [0.2, 0.25) is 0 Å². The largest absolute Gasteiger partial charge is 0.481 e.